The Hall–Kier alpha value is -3.32. The second-order valence-electron chi connectivity index (χ2n) is 10.3. The van der Waals surface area contributed by atoms with Crippen LogP contribution in [0.4, 0.5) is 40.7 Å². The van der Waals surface area contributed by atoms with Crippen molar-refractivity contribution in [2.24, 2.45) is 13.0 Å². The highest BCUT2D eigenvalue weighted by Gasteiger charge is 2.51. The number of aliphatic hydroxyl groups excluding tert-OH is 1. The van der Waals surface area contributed by atoms with Gasteiger partial charge in [0.05, 0.1) is 42.6 Å². The van der Waals surface area contributed by atoms with Crippen LogP contribution in [0.5, 0.6) is 5.75 Å². The van der Waals surface area contributed by atoms with E-state index in [9.17, 15) is 27.5 Å². The van der Waals surface area contributed by atoms with Gasteiger partial charge in [0.2, 0.25) is 11.7 Å². The fourth-order valence-electron chi connectivity index (χ4n) is 5.30. The monoisotopic (exact) mass is 568 g/mol. The molecule has 3 aromatic rings. The van der Waals surface area contributed by atoms with Crippen LogP contribution in [0.2, 0.25) is 5.02 Å². The molecule has 4 heterocycles. The predicted octanol–water partition coefficient (Wildman–Crippen LogP) is 4.15. The molecular weight excluding hydrogens is 544 g/mol. The molecule has 14 heteroatoms. The lowest BCUT2D eigenvalue weighted by Crippen LogP contribution is -2.44. The lowest BCUT2D eigenvalue weighted by molar-refractivity contribution is -0.0579. The number of aliphatic hydroxyl groups is 1. The van der Waals surface area contributed by atoms with E-state index in [1.54, 1.807) is 18.2 Å². The molecule has 6 rings (SSSR count). The number of hydrogen-bond donors (Lipinski definition) is 3. The van der Waals surface area contributed by atoms with Crippen molar-refractivity contribution in [1.29, 1.82) is 0 Å². The molecule has 1 saturated carbocycles. The van der Waals surface area contributed by atoms with Gasteiger partial charge in [-0.25, -0.2) is 22.5 Å². The Morgan fingerprint density at radius 3 is 2.77 bits per heavy atom. The number of nitrogens with zero attached hydrogens (tertiary/aromatic N) is 4. The molecule has 2 atom stereocenters. The highest BCUT2D eigenvalue weighted by Crippen LogP contribution is 2.45. The summed E-state index contributed by atoms with van der Waals surface area (Å²) in [6.07, 6.45) is 2.06. The van der Waals surface area contributed by atoms with E-state index >= 15 is 0 Å². The Kier molecular flexibility index (Phi) is 6.06. The summed E-state index contributed by atoms with van der Waals surface area (Å²) in [6.45, 7) is -2.04. The molecule has 2 aliphatic heterocycles. The van der Waals surface area contributed by atoms with Gasteiger partial charge in [0, 0.05) is 24.5 Å². The topological polar surface area (TPSA) is 105 Å². The average molecular weight is 569 g/mol. The van der Waals surface area contributed by atoms with Crippen LogP contribution < -0.4 is 25.8 Å². The zero-order valence-electron chi connectivity index (χ0n) is 20.7. The van der Waals surface area contributed by atoms with Crippen LogP contribution in [0.1, 0.15) is 19.3 Å². The Balaban J connectivity index is 1.39. The fraction of sp³-hybridized carbons (Fsp3) is 0.480. The molecule has 9 nitrogen and oxygen atoms in total. The maximum absolute atomic E-state index is 14.9. The molecule has 2 fully saturated rings. The predicted molar refractivity (Wildman–Crippen MR) is 138 cm³/mol. The SMILES string of the molecule is Cn1c(=O)c2c(c3cc(Nc4nc(N5CC(F)(F)C[C@@H]5CO)ncc4Cl)ccc31)N[C@@H](C1CC1)C(F)(F)CO2. The van der Waals surface area contributed by atoms with Gasteiger partial charge in [0.25, 0.3) is 11.5 Å². The van der Waals surface area contributed by atoms with Gasteiger partial charge < -0.3 is 29.9 Å². The minimum absolute atomic E-state index is 0.0280. The quantitative estimate of drug-likeness (QED) is 0.395. The summed E-state index contributed by atoms with van der Waals surface area (Å²) in [7, 11) is 1.53. The molecule has 39 heavy (non-hydrogen) atoms. The van der Waals surface area contributed by atoms with Crippen LogP contribution >= 0.6 is 11.6 Å². The second-order valence-corrected chi connectivity index (χ2v) is 10.7. The van der Waals surface area contributed by atoms with Crippen LogP contribution in [-0.4, -0.2) is 63.3 Å². The molecule has 3 N–H and O–H groups in total. The number of alkyl halides is 4. The number of nitrogens with one attached hydrogen (secondary N) is 2. The smallest absolute Gasteiger partial charge is 0.301 e. The van der Waals surface area contributed by atoms with Gasteiger partial charge in [-0.3, -0.25) is 4.79 Å². The molecule has 2 aromatic heterocycles. The van der Waals surface area contributed by atoms with Crippen molar-refractivity contribution in [3.63, 3.8) is 0 Å². The van der Waals surface area contributed by atoms with Crippen LogP contribution in [0.3, 0.4) is 0 Å². The lowest BCUT2D eigenvalue weighted by atomic mass is 10.0. The Morgan fingerprint density at radius 2 is 2.05 bits per heavy atom. The van der Waals surface area contributed by atoms with E-state index in [0.717, 1.165) is 0 Å². The maximum Gasteiger partial charge on any atom is 0.301 e. The first-order valence-corrected chi connectivity index (χ1v) is 12.8. The third-order valence-electron chi connectivity index (χ3n) is 7.45. The fourth-order valence-corrected chi connectivity index (χ4v) is 5.44. The van der Waals surface area contributed by atoms with Gasteiger partial charge in [-0.15, -0.1) is 0 Å². The highest BCUT2D eigenvalue weighted by atomic mass is 35.5. The average Bonchev–Trinajstić information content (AvgIpc) is 3.69. The maximum atomic E-state index is 14.9. The van der Waals surface area contributed by atoms with Gasteiger partial charge in [0.1, 0.15) is 5.02 Å². The van der Waals surface area contributed by atoms with E-state index in [0.29, 0.717) is 29.4 Å². The molecule has 0 unspecified atom stereocenters. The van der Waals surface area contributed by atoms with Crippen molar-refractivity contribution >= 4 is 45.6 Å². The van der Waals surface area contributed by atoms with E-state index in [2.05, 4.69) is 20.6 Å². The first-order valence-electron chi connectivity index (χ1n) is 12.5. The number of benzene rings is 1. The summed E-state index contributed by atoms with van der Waals surface area (Å²) >= 11 is 6.31. The number of fused-ring (bicyclic) bond motifs is 3. The summed E-state index contributed by atoms with van der Waals surface area (Å²) in [4.78, 5) is 22.6. The van der Waals surface area contributed by atoms with Gasteiger partial charge in [-0.1, -0.05) is 11.6 Å². The van der Waals surface area contributed by atoms with Gasteiger partial charge >= 0.3 is 5.92 Å². The third kappa shape index (κ3) is 4.61. The van der Waals surface area contributed by atoms with Crippen LogP contribution in [-0.2, 0) is 7.05 Å². The zero-order valence-corrected chi connectivity index (χ0v) is 21.5. The largest absolute Gasteiger partial charge is 0.480 e. The first-order chi connectivity index (χ1) is 18.5. The summed E-state index contributed by atoms with van der Waals surface area (Å²) in [6, 6.07) is 2.92. The van der Waals surface area contributed by atoms with Crippen molar-refractivity contribution in [3.05, 3.63) is 39.8 Å². The third-order valence-corrected chi connectivity index (χ3v) is 7.73. The molecule has 1 aliphatic carbocycles. The molecular formula is C25H25ClF4N6O3. The molecule has 3 aliphatic rings. The molecule has 0 spiro atoms. The lowest BCUT2D eigenvalue weighted by Gasteiger charge is -2.25. The Bertz CT molecular complexity index is 1520. The number of pyridine rings is 1. The molecule has 0 bridgehead atoms. The molecule has 1 aromatic carbocycles. The van der Waals surface area contributed by atoms with E-state index in [-0.39, 0.29) is 34.1 Å². The normalized spacial score (nSPS) is 23.6. The second kappa shape index (κ2) is 9.12. The van der Waals surface area contributed by atoms with Crippen molar-refractivity contribution in [2.45, 2.75) is 43.2 Å². The number of aryl methyl sites for hydroxylation is 1. The van der Waals surface area contributed by atoms with Crippen LogP contribution in [0.25, 0.3) is 10.9 Å². The minimum atomic E-state index is -3.17. The van der Waals surface area contributed by atoms with E-state index < -0.39 is 55.7 Å². The van der Waals surface area contributed by atoms with E-state index in [1.165, 1.54) is 22.7 Å². The number of ether oxygens (including phenoxy) is 1. The summed E-state index contributed by atoms with van der Waals surface area (Å²) in [5, 5.41) is 16.1. The molecule has 0 radical (unpaired) electrons. The zero-order chi connectivity index (χ0) is 27.7. The number of halogens is 5. The standard InChI is InChI=1S/C25H25ClF4N6O3/c1-35-17-5-4-13(32-21-16(26)8-31-23(34-21)36-10-24(27,28)7-14(36)9-37)6-15(17)18-19(22(35)38)39-11-25(29,30)20(33-18)12-2-3-12/h4-6,8,12,14,20,33,37H,2-3,7,9-11H2,1H3,(H,31,32,34)/t14-,20+/m1/s1. The van der Waals surface area contributed by atoms with Crippen LogP contribution in [0, 0.1) is 5.92 Å². The van der Waals surface area contributed by atoms with Crippen LogP contribution in [0.15, 0.2) is 29.2 Å². The Labute approximate surface area is 224 Å². The van der Waals surface area contributed by atoms with Crippen molar-refractivity contribution in [3.8, 4) is 5.75 Å². The number of rotatable bonds is 5. The van der Waals surface area contributed by atoms with Gasteiger partial charge in [0.15, 0.2) is 12.4 Å². The van der Waals surface area contributed by atoms with Gasteiger partial charge in [-0.05, 0) is 37.0 Å². The minimum Gasteiger partial charge on any atom is -0.480 e. The van der Waals surface area contributed by atoms with Crippen molar-refractivity contribution in [1.82, 2.24) is 14.5 Å². The number of hydrogen-bond acceptors (Lipinski definition) is 8. The van der Waals surface area contributed by atoms with Crippen molar-refractivity contribution < 1.29 is 27.4 Å². The van der Waals surface area contributed by atoms with Gasteiger partial charge in [-0.2, -0.15) is 4.98 Å². The van der Waals surface area contributed by atoms with E-state index in [1.807, 2.05) is 0 Å². The molecule has 208 valence electrons. The van der Waals surface area contributed by atoms with Crippen molar-refractivity contribution in [2.75, 3.05) is 35.3 Å². The summed E-state index contributed by atoms with van der Waals surface area (Å²) in [5.41, 5.74) is 0.577. The summed E-state index contributed by atoms with van der Waals surface area (Å²) < 4.78 is 64.5. The number of aromatic nitrogens is 3. The number of anilines is 4. The van der Waals surface area contributed by atoms with E-state index in [4.69, 9.17) is 16.3 Å². The first kappa shape index (κ1) is 25.9. The highest BCUT2D eigenvalue weighted by molar-refractivity contribution is 6.33. The molecule has 0 amide bonds. The molecule has 1 saturated heterocycles. The Morgan fingerprint density at radius 1 is 1.28 bits per heavy atom. The summed E-state index contributed by atoms with van der Waals surface area (Å²) in [5.74, 6) is -6.49.